The maximum atomic E-state index is 5.14. The summed E-state index contributed by atoms with van der Waals surface area (Å²) in [5, 5.41) is 3.27. The lowest BCUT2D eigenvalue weighted by Crippen LogP contribution is -2.01. The third-order valence-electron chi connectivity index (χ3n) is 2.80. The molecule has 4 nitrogen and oxygen atoms in total. The summed E-state index contributed by atoms with van der Waals surface area (Å²) in [6.45, 7) is 3.12. The average Bonchev–Trinajstić information content (AvgIpc) is 2.88. The summed E-state index contributed by atoms with van der Waals surface area (Å²) in [4.78, 5) is 7.57. The summed E-state index contributed by atoms with van der Waals surface area (Å²) in [5.74, 6) is 1.69. The maximum Gasteiger partial charge on any atom is 0.200 e. The monoisotopic (exact) mass is 245 g/mol. The second-order valence-electron chi connectivity index (χ2n) is 4.15. The van der Waals surface area contributed by atoms with E-state index in [9.17, 15) is 0 Å². The number of hydrogen-bond donors (Lipinski definition) is 2. The molecule has 0 fully saturated rings. The Morgan fingerprint density at radius 3 is 2.72 bits per heavy atom. The topological polar surface area (TPSA) is 49.9 Å². The minimum atomic E-state index is 0.828. The summed E-state index contributed by atoms with van der Waals surface area (Å²) in [6, 6.07) is 7.92. The molecule has 2 N–H and O–H groups in total. The van der Waals surface area contributed by atoms with Gasteiger partial charge in [-0.15, -0.1) is 0 Å². The van der Waals surface area contributed by atoms with Gasteiger partial charge >= 0.3 is 0 Å². The van der Waals surface area contributed by atoms with Crippen molar-refractivity contribution in [2.45, 2.75) is 19.8 Å². The van der Waals surface area contributed by atoms with Crippen LogP contribution in [0.4, 0.5) is 5.95 Å². The second kappa shape index (κ2) is 6.10. The number of benzene rings is 1. The zero-order valence-electron chi connectivity index (χ0n) is 10.9. The Labute approximate surface area is 107 Å². The Morgan fingerprint density at radius 1 is 1.28 bits per heavy atom. The fourth-order valence-corrected chi connectivity index (χ4v) is 1.71. The molecule has 0 atom stereocenters. The molecule has 0 aliphatic heterocycles. The molecule has 4 heteroatoms. The highest BCUT2D eigenvalue weighted by atomic mass is 16.5. The fourth-order valence-electron chi connectivity index (χ4n) is 1.71. The summed E-state index contributed by atoms with van der Waals surface area (Å²) >= 11 is 0. The fraction of sp³-hybridized carbons (Fsp3) is 0.357. The molecule has 0 bridgehead atoms. The molecule has 0 saturated carbocycles. The highest BCUT2D eigenvalue weighted by Crippen LogP contribution is 2.21. The van der Waals surface area contributed by atoms with Gasteiger partial charge in [0.1, 0.15) is 5.75 Å². The number of unbranched alkanes of at least 4 members (excludes halogenated alkanes) is 1. The minimum absolute atomic E-state index is 0.828. The van der Waals surface area contributed by atoms with E-state index in [0.717, 1.165) is 35.9 Å². The molecule has 0 aliphatic carbocycles. The van der Waals surface area contributed by atoms with Crippen molar-refractivity contribution in [2.75, 3.05) is 19.0 Å². The Balaban J connectivity index is 2.04. The number of nitrogens with zero attached hydrogens (tertiary/aromatic N) is 1. The normalized spacial score (nSPS) is 10.3. The Hall–Kier alpha value is -1.97. The van der Waals surface area contributed by atoms with Crippen LogP contribution in [0.3, 0.4) is 0 Å². The number of anilines is 1. The summed E-state index contributed by atoms with van der Waals surface area (Å²) < 4.78 is 5.14. The average molecular weight is 245 g/mol. The van der Waals surface area contributed by atoms with Gasteiger partial charge in [-0.25, -0.2) is 4.98 Å². The van der Waals surface area contributed by atoms with Gasteiger partial charge in [-0.1, -0.05) is 13.3 Å². The van der Waals surface area contributed by atoms with Crippen molar-refractivity contribution in [1.82, 2.24) is 9.97 Å². The molecule has 0 aliphatic rings. The molecule has 0 saturated heterocycles. The van der Waals surface area contributed by atoms with Crippen LogP contribution in [0.2, 0.25) is 0 Å². The lowest BCUT2D eigenvalue weighted by Gasteiger charge is -2.02. The molecule has 96 valence electrons. The van der Waals surface area contributed by atoms with Gasteiger partial charge in [-0.2, -0.15) is 0 Å². The van der Waals surface area contributed by atoms with Crippen molar-refractivity contribution in [3.63, 3.8) is 0 Å². The summed E-state index contributed by atoms with van der Waals surface area (Å²) in [6.07, 6.45) is 4.17. The molecule has 2 aromatic rings. The Morgan fingerprint density at radius 2 is 2.06 bits per heavy atom. The largest absolute Gasteiger partial charge is 0.497 e. The van der Waals surface area contributed by atoms with Crippen molar-refractivity contribution < 1.29 is 4.74 Å². The molecule has 1 heterocycles. The van der Waals surface area contributed by atoms with E-state index in [0.29, 0.717) is 0 Å². The standard InChI is InChI=1S/C14H19N3O/c1-3-4-9-15-14-16-10-13(17-14)11-5-7-12(18-2)8-6-11/h5-8,10H,3-4,9H2,1-2H3,(H2,15,16,17). The van der Waals surface area contributed by atoms with Crippen molar-refractivity contribution >= 4 is 5.95 Å². The van der Waals surface area contributed by atoms with Crippen LogP contribution in [0.25, 0.3) is 11.3 Å². The SMILES string of the molecule is CCCCNc1ncc(-c2ccc(OC)cc2)[nH]1. The number of methoxy groups -OCH3 is 1. The first kappa shape index (κ1) is 12.5. The maximum absolute atomic E-state index is 5.14. The molecule has 0 radical (unpaired) electrons. The first-order chi connectivity index (χ1) is 8.83. The smallest absolute Gasteiger partial charge is 0.200 e. The molecule has 0 unspecified atom stereocenters. The van der Waals surface area contributed by atoms with Crippen LogP contribution in [-0.4, -0.2) is 23.6 Å². The van der Waals surface area contributed by atoms with Crippen LogP contribution in [0, 0.1) is 0 Å². The highest BCUT2D eigenvalue weighted by Gasteiger charge is 2.02. The third-order valence-corrected chi connectivity index (χ3v) is 2.80. The summed E-state index contributed by atoms with van der Waals surface area (Å²) in [5.41, 5.74) is 2.11. The van der Waals surface area contributed by atoms with Gasteiger partial charge in [-0.05, 0) is 36.2 Å². The number of hydrogen-bond acceptors (Lipinski definition) is 3. The van der Waals surface area contributed by atoms with E-state index < -0.39 is 0 Å². The molecule has 0 amide bonds. The molecular formula is C14H19N3O. The van der Waals surface area contributed by atoms with Crippen LogP contribution in [0.1, 0.15) is 19.8 Å². The van der Waals surface area contributed by atoms with Gasteiger partial charge in [-0.3, -0.25) is 0 Å². The highest BCUT2D eigenvalue weighted by molar-refractivity contribution is 5.61. The lowest BCUT2D eigenvalue weighted by atomic mass is 10.2. The Kier molecular flexibility index (Phi) is 4.23. The van der Waals surface area contributed by atoms with Gasteiger partial charge in [0, 0.05) is 6.54 Å². The third kappa shape index (κ3) is 3.03. The molecular weight excluding hydrogens is 226 g/mol. The zero-order chi connectivity index (χ0) is 12.8. The predicted octanol–water partition coefficient (Wildman–Crippen LogP) is 3.30. The van der Waals surface area contributed by atoms with Gasteiger partial charge in [0.25, 0.3) is 0 Å². The Bertz CT molecular complexity index is 476. The van der Waals surface area contributed by atoms with Crippen molar-refractivity contribution in [3.05, 3.63) is 30.5 Å². The van der Waals surface area contributed by atoms with Crippen LogP contribution < -0.4 is 10.1 Å². The van der Waals surface area contributed by atoms with E-state index in [1.165, 1.54) is 6.42 Å². The van der Waals surface area contributed by atoms with E-state index in [1.54, 1.807) is 7.11 Å². The van der Waals surface area contributed by atoms with Crippen LogP contribution in [0.15, 0.2) is 30.5 Å². The number of H-pyrrole nitrogens is 1. The molecule has 2 rings (SSSR count). The van der Waals surface area contributed by atoms with Crippen LogP contribution in [0.5, 0.6) is 5.75 Å². The lowest BCUT2D eigenvalue weighted by molar-refractivity contribution is 0.415. The number of nitrogens with one attached hydrogen (secondary N) is 2. The minimum Gasteiger partial charge on any atom is -0.497 e. The molecule has 1 aromatic carbocycles. The first-order valence-electron chi connectivity index (χ1n) is 6.26. The van der Waals surface area contributed by atoms with Crippen LogP contribution in [-0.2, 0) is 0 Å². The van der Waals surface area contributed by atoms with Gasteiger partial charge in [0.15, 0.2) is 0 Å². The number of ether oxygens (including phenoxy) is 1. The van der Waals surface area contributed by atoms with Gasteiger partial charge < -0.3 is 15.0 Å². The van der Waals surface area contributed by atoms with E-state index in [1.807, 2.05) is 30.5 Å². The quantitative estimate of drug-likeness (QED) is 0.768. The predicted molar refractivity (Wildman–Crippen MR) is 74.0 cm³/mol. The number of imidazole rings is 1. The molecule has 0 spiro atoms. The second-order valence-corrected chi connectivity index (χ2v) is 4.15. The zero-order valence-corrected chi connectivity index (χ0v) is 10.9. The van der Waals surface area contributed by atoms with Gasteiger partial charge in [0.2, 0.25) is 5.95 Å². The first-order valence-corrected chi connectivity index (χ1v) is 6.26. The van der Waals surface area contributed by atoms with Crippen molar-refractivity contribution in [2.24, 2.45) is 0 Å². The van der Waals surface area contributed by atoms with Gasteiger partial charge in [0.05, 0.1) is 19.0 Å². The molecule has 18 heavy (non-hydrogen) atoms. The van der Waals surface area contributed by atoms with E-state index in [4.69, 9.17) is 4.74 Å². The van der Waals surface area contributed by atoms with E-state index in [-0.39, 0.29) is 0 Å². The molecule has 1 aromatic heterocycles. The van der Waals surface area contributed by atoms with Crippen molar-refractivity contribution in [3.8, 4) is 17.0 Å². The number of aromatic nitrogens is 2. The number of aromatic amines is 1. The van der Waals surface area contributed by atoms with Crippen molar-refractivity contribution in [1.29, 1.82) is 0 Å². The van der Waals surface area contributed by atoms with E-state index >= 15 is 0 Å². The number of rotatable bonds is 6. The summed E-state index contributed by atoms with van der Waals surface area (Å²) in [7, 11) is 1.67. The van der Waals surface area contributed by atoms with Crippen LogP contribution >= 0.6 is 0 Å². The van der Waals surface area contributed by atoms with E-state index in [2.05, 4.69) is 22.2 Å².